The van der Waals surface area contributed by atoms with E-state index >= 15 is 0 Å². The Kier molecular flexibility index (Phi) is 8.37. The molecule has 0 spiro atoms. The van der Waals surface area contributed by atoms with E-state index in [1.165, 1.54) is 37.4 Å². The second-order valence-corrected chi connectivity index (χ2v) is 9.71. The van der Waals surface area contributed by atoms with Crippen molar-refractivity contribution >= 4 is 29.0 Å². The highest BCUT2D eigenvalue weighted by Crippen LogP contribution is 2.29. The van der Waals surface area contributed by atoms with Crippen molar-refractivity contribution in [3.05, 3.63) is 108 Å². The van der Waals surface area contributed by atoms with Gasteiger partial charge in [0, 0.05) is 30.2 Å². The number of aromatic nitrogens is 3. The van der Waals surface area contributed by atoms with Gasteiger partial charge in [-0.1, -0.05) is 36.4 Å². The van der Waals surface area contributed by atoms with Crippen LogP contribution in [0.3, 0.4) is 0 Å². The number of benzene rings is 3. The van der Waals surface area contributed by atoms with Gasteiger partial charge in [-0.15, -0.1) is 5.10 Å². The molecule has 5 rings (SSSR count). The molecular weight excluding hydrogens is 566 g/mol. The van der Waals surface area contributed by atoms with Crippen molar-refractivity contribution in [3.63, 3.8) is 0 Å². The molecule has 2 heterocycles. The standard InChI is InChI=1S/C31H25F4N5O3/c1-43-27-16-22(29(42)36-18-31(33,34)35)8-12-26(27)37-30-38-28-13-9-23(17-40(28)39-30)21-6-2-19(3-7-21)14-25(41)15-20-4-10-24(32)11-5-20/h2-13,16-17H,14-15,18H2,1H3,(H,36,42)(H,37,39). The van der Waals surface area contributed by atoms with Crippen LogP contribution in [0.4, 0.5) is 29.2 Å². The third kappa shape index (κ3) is 7.53. The number of fused-ring (bicyclic) bond motifs is 1. The molecule has 5 aromatic rings. The largest absolute Gasteiger partial charge is 0.495 e. The minimum Gasteiger partial charge on any atom is -0.495 e. The first kappa shape index (κ1) is 29.2. The van der Waals surface area contributed by atoms with Crippen LogP contribution in [-0.2, 0) is 17.6 Å². The van der Waals surface area contributed by atoms with Crippen molar-refractivity contribution in [2.24, 2.45) is 0 Å². The summed E-state index contributed by atoms with van der Waals surface area (Å²) in [6, 6.07) is 21.3. The Hall–Kier alpha value is -5.26. The van der Waals surface area contributed by atoms with Crippen LogP contribution >= 0.6 is 0 Å². The summed E-state index contributed by atoms with van der Waals surface area (Å²) in [5, 5.41) is 9.29. The Morgan fingerprint density at radius 1 is 0.884 bits per heavy atom. The number of anilines is 2. The number of nitrogens with zero attached hydrogens (tertiary/aromatic N) is 3. The van der Waals surface area contributed by atoms with Gasteiger partial charge in [-0.3, -0.25) is 9.59 Å². The number of carbonyl (C=O) groups excluding carboxylic acids is 2. The maximum absolute atomic E-state index is 13.1. The number of carbonyl (C=O) groups is 2. The molecule has 0 radical (unpaired) electrons. The average molecular weight is 592 g/mol. The van der Waals surface area contributed by atoms with Crippen LogP contribution in [0.5, 0.6) is 5.75 Å². The molecule has 0 fully saturated rings. The van der Waals surface area contributed by atoms with Crippen molar-refractivity contribution < 1.29 is 31.9 Å². The number of ether oxygens (including phenoxy) is 1. The van der Waals surface area contributed by atoms with Gasteiger partial charge < -0.3 is 15.4 Å². The van der Waals surface area contributed by atoms with Crippen LogP contribution in [0, 0.1) is 5.82 Å². The number of rotatable bonds is 10. The Balaban J connectivity index is 1.25. The van der Waals surface area contributed by atoms with E-state index in [2.05, 4.69) is 15.4 Å². The second-order valence-electron chi connectivity index (χ2n) is 9.71. The summed E-state index contributed by atoms with van der Waals surface area (Å²) in [6.07, 6.45) is -2.23. The molecule has 12 heteroatoms. The maximum Gasteiger partial charge on any atom is 0.405 e. The summed E-state index contributed by atoms with van der Waals surface area (Å²) in [6.45, 7) is -1.44. The Labute approximate surface area is 243 Å². The normalized spacial score (nSPS) is 11.4. The number of Topliss-reactive ketones (excluding diaryl/α,β-unsaturated/α-hetero) is 1. The molecule has 220 valence electrons. The zero-order chi connectivity index (χ0) is 30.6. The number of halogens is 4. The Bertz CT molecular complexity index is 1770. The fourth-order valence-corrected chi connectivity index (χ4v) is 4.38. The van der Waals surface area contributed by atoms with E-state index in [0.29, 0.717) is 11.3 Å². The summed E-state index contributed by atoms with van der Waals surface area (Å²) in [5.41, 5.74) is 4.36. The first-order valence-electron chi connectivity index (χ1n) is 13.1. The highest BCUT2D eigenvalue weighted by molar-refractivity contribution is 5.95. The van der Waals surface area contributed by atoms with Gasteiger partial charge in [0.15, 0.2) is 5.65 Å². The lowest BCUT2D eigenvalue weighted by Crippen LogP contribution is -2.33. The monoisotopic (exact) mass is 591 g/mol. The molecule has 2 N–H and O–H groups in total. The van der Waals surface area contributed by atoms with Crippen LogP contribution in [0.1, 0.15) is 21.5 Å². The quantitative estimate of drug-likeness (QED) is 0.195. The van der Waals surface area contributed by atoms with E-state index in [1.54, 1.807) is 28.9 Å². The lowest BCUT2D eigenvalue weighted by atomic mass is 10.0. The minimum absolute atomic E-state index is 0.00233. The van der Waals surface area contributed by atoms with Crippen molar-refractivity contribution in [2.75, 3.05) is 19.0 Å². The van der Waals surface area contributed by atoms with Gasteiger partial charge >= 0.3 is 6.18 Å². The van der Waals surface area contributed by atoms with Gasteiger partial charge in [0.2, 0.25) is 5.95 Å². The van der Waals surface area contributed by atoms with Gasteiger partial charge in [0.1, 0.15) is 23.9 Å². The molecule has 0 saturated heterocycles. The lowest BCUT2D eigenvalue weighted by molar-refractivity contribution is -0.123. The summed E-state index contributed by atoms with van der Waals surface area (Å²) in [7, 11) is 1.37. The first-order chi connectivity index (χ1) is 20.6. The molecule has 0 aliphatic carbocycles. The lowest BCUT2D eigenvalue weighted by Gasteiger charge is -2.12. The Morgan fingerprint density at radius 2 is 1.53 bits per heavy atom. The minimum atomic E-state index is -4.52. The van der Waals surface area contributed by atoms with Gasteiger partial charge in [0.05, 0.1) is 12.8 Å². The molecule has 0 atom stereocenters. The third-order valence-electron chi connectivity index (χ3n) is 6.49. The zero-order valence-electron chi connectivity index (χ0n) is 22.8. The molecule has 0 aliphatic heterocycles. The molecule has 0 bridgehead atoms. The number of nitrogens with one attached hydrogen (secondary N) is 2. The van der Waals surface area contributed by atoms with Crippen molar-refractivity contribution in [1.82, 2.24) is 19.9 Å². The number of alkyl halides is 3. The fourth-order valence-electron chi connectivity index (χ4n) is 4.38. The molecule has 0 saturated carbocycles. The van der Waals surface area contributed by atoms with Gasteiger partial charge in [-0.05, 0) is 59.2 Å². The van der Waals surface area contributed by atoms with E-state index < -0.39 is 18.6 Å². The third-order valence-corrected chi connectivity index (χ3v) is 6.49. The zero-order valence-corrected chi connectivity index (χ0v) is 22.8. The summed E-state index contributed by atoms with van der Waals surface area (Å²) in [5.74, 6) is -0.742. The number of methoxy groups -OCH3 is 1. The van der Waals surface area contributed by atoms with E-state index in [4.69, 9.17) is 4.74 Å². The smallest absolute Gasteiger partial charge is 0.405 e. The molecule has 3 aromatic carbocycles. The van der Waals surface area contributed by atoms with Crippen LogP contribution in [0.2, 0.25) is 0 Å². The van der Waals surface area contributed by atoms with Crippen LogP contribution in [0.15, 0.2) is 85.1 Å². The number of ketones is 1. The van der Waals surface area contributed by atoms with Gasteiger partial charge in [-0.25, -0.2) is 8.91 Å². The number of amides is 1. The summed E-state index contributed by atoms with van der Waals surface area (Å²) < 4.78 is 57.3. The number of hydrogen-bond acceptors (Lipinski definition) is 6. The molecule has 1 amide bonds. The van der Waals surface area contributed by atoms with Crippen LogP contribution in [-0.4, -0.2) is 46.1 Å². The molecule has 0 unspecified atom stereocenters. The van der Waals surface area contributed by atoms with Crippen molar-refractivity contribution in [1.29, 1.82) is 0 Å². The van der Waals surface area contributed by atoms with Crippen molar-refractivity contribution in [3.8, 4) is 16.9 Å². The predicted molar refractivity (Wildman–Crippen MR) is 152 cm³/mol. The summed E-state index contributed by atoms with van der Waals surface area (Å²) in [4.78, 5) is 29.0. The number of pyridine rings is 1. The molecule has 0 aliphatic rings. The van der Waals surface area contributed by atoms with Crippen LogP contribution in [0.25, 0.3) is 16.8 Å². The van der Waals surface area contributed by atoms with Crippen LogP contribution < -0.4 is 15.4 Å². The topological polar surface area (TPSA) is 97.6 Å². The van der Waals surface area contributed by atoms with E-state index in [0.717, 1.165) is 22.3 Å². The predicted octanol–water partition coefficient (Wildman–Crippen LogP) is 5.93. The Morgan fingerprint density at radius 3 is 2.19 bits per heavy atom. The average Bonchev–Trinajstić information content (AvgIpc) is 3.39. The molecule has 43 heavy (non-hydrogen) atoms. The molecule has 2 aromatic heterocycles. The van der Waals surface area contributed by atoms with E-state index in [-0.39, 0.29) is 41.7 Å². The van der Waals surface area contributed by atoms with Gasteiger partial charge in [-0.2, -0.15) is 18.2 Å². The SMILES string of the molecule is COc1cc(C(=O)NCC(F)(F)F)ccc1Nc1nc2ccc(-c3ccc(CC(=O)Cc4ccc(F)cc4)cc3)cn2n1. The highest BCUT2D eigenvalue weighted by Gasteiger charge is 2.28. The van der Waals surface area contributed by atoms with Gasteiger partial charge in [0.25, 0.3) is 5.91 Å². The maximum atomic E-state index is 13.1. The highest BCUT2D eigenvalue weighted by atomic mass is 19.4. The first-order valence-corrected chi connectivity index (χ1v) is 13.1. The molecular formula is C31H25F4N5O3. The fraction of sp³-hybridized carbons (Fsp3) is 0.161. The second kappa shape index (κ2) is 12.3. The van der Waals surface area contributed by atoms with E-state index in [1.807, 2.05) is 35.6 Å². The van der Waals surface area contributed by atoms with E-state index in [9.17, 15) is 27.2 Å². The molecule has 8 nitrogen and oxygen atoms in total. The number of hydrogen-bond donors (Lipinski definition) is 2. The summed E-state index contributed by atoms with van der Waals surface area (Å²) >= 11 is 0. The van der Waals surface area contributed by atoms with Crippen molar-refractivity contribution in [2.45, 2.75) is 19.0 Å².